The summed E-state index contributed by atoms with van der Waals surface area (Å²) in [6.45, 7) is 1.13. The summed E-state index contributed by atoms with van der Waals surface area (Å²) >= 11 is 6.14. The third kappa shape index (κ3) is 4.78. The zero-order chi connectivity index (χ0) is 23.5. The zero-order valence-electron chi connectivity index (χ0n) is 17.9. The van der Waals surface area contributed by atoms with E-state index >= 15 is 0 Å². The van der Waals surface area contributed by atoms with Gasteiger partial charge in [0, 0.05) is 24.5 Å². The molecular formula is C23H21ClN4O5. The van der Waals surface area contributed by atoms with Gasteiger partial charge in [-0.2, -0.15) is 9.78 Å². The summed E-state index contributed by atoms with van der Waals surface area (Å²) in [6.07, 6.45) is 6.39. The minimum absolute atomic E-state index is 0.0949. The molecule has 10 heteroatoms. The van der Waals surface area contributed by atoms with Gasteiger partial charge in [0.05, 0.1) is 27.1 Å². The van der Waals surface area contributed by atoms with Crippen molar-refractivity contribution in [1.82, 2.24) is 9.66 Å². The molecule has 0 amide bonds. The number of aromatic nitrogens is 2. The number of fused-ring (bicyclic) bond motifs is 1. The third-order valence-electron chi connectivity index (χ3n) is 5.56. The van der Waals surface area contributed by atoms with Gasteiger partial charge in [0.1, 0.15) is 5.82 Å². The number of nitro benzene ring substituents is 1. The van der Waals surface area contributed by atoms with Crippen LogP contribution in [0.4, 0.5) is 5.69 Å². The molecule has 1 aromatic heterocycles. The fourth-order valence-electron chi connectivity index (χ4n) is 4.06. The average Bonchev–Trinajstić information content (AvgIpc) is 2.80. The first-order valence-electron chi connectivity index (χ1n) is 10.6. The minimum Gasteiger partial charge on any atom is -0.418 e. The van der Waals surface area contributed by atoms with Crippen LogP contribution in [0.3, 0.4) is 0 Å². The predicted octanol–water partition coefficient (Wildman–Crippen LogP) is 4.81. The van der Waals surface area contributed by atoms with Crippen LogP contribution < -0.4 is 10.3 Å². The maximum atomic E-state index is 13.2. The van der Waals surface area contributed by atoms with E-state index in [0.717, 1.165) is 39.0 Å². The third-order valence-corrected chi connectivity index (χ3v) is 5.84. The Labute approximate surface area is 193 Å². The minimum atomic E-state index is -0.729. The first-order chi connectivity index (χ1) is 15.8. The Morgan fingerprint density at radius 1 is 1.27 bits per heavy atom. The molecule has 0 atom stereocenters. The molecular weight excluding hydrogens is 448 g/mol. The van der Waals surface area contributed by atoms with Crippen LogP contribution in [-0.4, -0.2) is 26.8 Å². The summed E-state index contributed by atoms with van der Waals surface area (Å²) in [4.78, 5) is 40.1. The molecule has 0 bridgehead atoms. The highest BCUT2D eigenvalue weighted by atomic mass is 35.5. The Balaban J connectivity index is 1.82. The van der Waals surface area contributed by atoms with Crippen molar-refractivity contribution in [3.63, 3.8) is 0 Å². The van der Waals surface area contributed by atoms with Crippen molar-refractivity contribution in [2.45, 2.75) is 44.9 Å². The average molecular weight is 469 g/mol. The van der Waals surface area contributed by atoms with Gasteiger partial charge in [-0.05, 0) is 31.0 Å². The van der Waals surface area contributed by atoms with E-state index in [0.29, 0.717) is 16.7 Å². The lowest BCUT2D eigenvalue weighted by Gasteiger charge is -2.22. The van der Waals surface area contributed by atoms with Crippen LogP contribution in [0.1, 0.15) is 56.3 Å². The Kier molecular flexibility index (Phi) is 6.50. The van der Waals surface area contributed by atoms with Gasteiger partial charge in [-0.1, -0.05) is 43.0 Å². The number of rotatable bonds is 5. The highest BCUT2D eigenvalue weighted by Gasteiger charge is 2.24. The van der Waals surface area contributed by atoms with Crippen molar-refractivity contribution >= 4 is 40.4 Å². The summed E-state index contributed by atoms with van der Waals surface area (Å²) in [5, 5.41) is 16.2. The summed E-state index contributed by atoms with van der Waals surface area (Å²) in [5.74, 6) is -0.393. The maximum absolute atomic E-state index is 13.2. The van der Waals surface area contributed by atoms with Crippen LogP contribution >= 0.6 is 11.6 Å². The molecule has 1 aliphatic carbocycles. The Bertz CT molecular complexity index is 1330. The van der Waals surface area contributed by atoms with Gasteiger partial charge < -0.3 is 4.74 Å². The Morgan fingerprint density at radius 2 is 2.00 bits per heavy atom. The first kappa shape index (κ1) is 22.6. The molecule has 170 valence electrons. The van der Waals surface area contributed by atoms with Crippen LogP contribution in [0, 0.1) is 10.1 Å². The van der Waals surface area contributed by atoms with Crippen molar-refractivity contribution in [3.05, 3.63) is 73.3 Å². The molecule has 1 saturated carbocycles. The summed E-state index contributed by atoms with van der Waals surface area (Å²) in [6, 6.07) is 9.66. The van der Waals surface area contributed by atoms with Crippen molar-refractivity contribution in [2.24, 2.45) is 5.10 Å². The normalized spacial score (nSPS) is 14.6. The van der Waals surface area contributed by atoms with Gasteiger partial charge in [0.25, 0.3) is 5.56 Å². The fraction of sp³-hybridized carbons (Fsp3) is 0.304. The number of nitrogens with zero attached hydrogens (tertiary/aromatic N) is 4. The standard InChI is InChI=1S/C23H21ClN4O5/c1-14(29)33-21-18(24)11-15(12-20(21)28(31)32)13-25-27-22(16-7-3-2-4-8-16)26-19-10-6-5-9-17(19)23(27)30/h5-6,9-13,16H,2-4,7-8H2,1H3. The quantitative estimate of drug-likeness (QED) is 0.174. The van der Waals surface area contributed by atoms with E-state index in [4.69, 9.17) is 21.3 Å². The Hall–Kier alpha value is -3.59. The monoisotopic (exact) mass is 468 g/mol. The second-order valence-electron chi connectivity index (χ2n) is 7.89. The molecule has 33 heavy (non-hydrogen) atoms. The molecule has 0 radical (unpaired) electrons. The van der Waals surface area contributed by atoms with Crippen LogP contribution in [-0.2, 0) is 4.79 Å². The van der Waals surface area contributed by atoms with Gasteiger partial charge in [-0.25, -0.2) is 4.98 Å². The molecule has 0 saturated heterocycles. The summed E-state index contributed by atoms with van der Waals surface area (Å²) < 4.78 is 6.17. The van der Waals surface area contributed by atoms with Crippen molar-refractivity contribution in [1.29, 1.82) is 0 Å². The highest BCUT2D eigenvalue weighted by molar-refractivity contribution is 6.32. The topological polar surface area (TPSA) is 117 Å². The maximum Gasteiger partial charge on any atom is 0.313 e. The van der Waals surface area contributed by atoms with E-state index in [2.05, 4.69) is 5.10 Å². The van der Waals surface area contributed by atoms with Crippen molar-refractivity contribution in [2.75, 3.05) is 0 Å². The number of hydrogen-bond acceptors (Lipinski definition) is 7. The van der Waals surface area contributed by atoms with Crippen molar-refractivity contribution in [3.8, 4) is 5.75 Å². The highest BCUT2D eigenvalue weighted by Crippen LogP contribution is 2.36. The molecule has 1 fully saturated rings. The van der Waals surface area contributed by atoms with E-state index in [9.17, 15) is 19.7 Å². The molecule has 0 spiro atoms. The smallest absolute Gasteiger partial charge is 0.313 e. The summed E-state index contributed by atoms with van der Waals surface area (Å²) in [7, 11) is 0. The lowest BCUT2D eigenvalue weighted by molar-refractivity contribution is -0.385. The van der Waals surface area contributed by atoms with E-state index < -0.39 is 16.6 Å². The molecule has 0 unspecified atom stereocenters. The second kappa shape index (κ2) is 9.50. The number of hydrogen-bond donors (Lipinski definition) is 0. The number of para-hydroxylation sites is 1. The molecule has 0 N–H and O–H groups in total. The number of benzene rings is 2. The molecule has 2 aromatic carbocycles. The lowest BCUT2D eigenvalue weighted by atomic mass is 9.88. The van der Waals surface area contributed by atoms with Crippen LogP contribution in [0.15, 0.2) is 46.3 Å². The zero-order valence-corrected chi connectivity index (χ0v) is 18.6. The second-order valence-corrected chi connectivity index (χ2v) is 8.29. The number of nitro groups is 1. The SMILES string of the molecule is CC(=O)Oc1c(Cl)cc(C=Nn2c(C3CCCCC3)nc3ccccc3c2=O)cc1[N+](=O)[O-]. The Morgan fingerprint density at radius 3 is 2.70 bits per heavy atom. The molecule has 0 aliphatic heterocycles. The van der Waals surface area contributed by atoms with Gasteiger partial charge in [-0.3, -0.25) is 19.7 Å². The number of halogens is 1. The number of esters is 1. The molecule has 1 heterocycles. The van der Waals surface area contributed by atoms with Gasteiger partial charge >= 0.3 is 11.7 Å². The molecule has 1 aliphatic rings. The van der Waals surface area contributed by atoms with E-state index in [1.807, 2.05) is 6.07 Å². The van der Waals surface area contributed by atoms with Crippen molar-refractivity contribution < 1.29 is 14.5 Å². The van der Waals surface area contributed by atoms with Gasteiger partial charge in [0.15, 0.2) is 0 Å². The molecule has 3 aromatic rings. The first-order valence-corrected chi connectivity index (χ1v) is 11.0. The van der Waals surface area contributed by atoms with Crippen LogP contribution in [0.2, 0.25) is 5.02 Å². The van der Waals surface area contributed by atoms with Crippen LogP contribution in [0.25, 0.3) is 10.9 Å². The lowest BCUT2D eigenvalue weighted by Crippen LogP contribution is -2.25. The summed E-state index contributed by atoms with van der Waals surface area (Å²) in [5.41, 5.74) is 0.0985. The van der Waals surface area contributed by atoms with E-state index in [1.54, 1.807) is 18.2 Å². The molecule has 4 rings (SSSR count). The number of carbonyl (C=O) groups is 1. The molecule has 9 nitrogen and oxygen atoms in total. The largest absolute Gasteiger partial charge is 0.418 e. The van der Waals surface area contributed by atoms with E-state index in [1.165, 1.54) is 23.0 Å². The number of carbonyl (C=O) groups excluding carboxylic acids is 1. The number of ether oxygens (including phenoxy) is 1. The predicted molar refractivity (Wildman–Crippen MR) is 124 cm³/mol. The van der Waals surface area contributed by atoms with E-state index in [-0.39, 0.29) is 27.8 Å². The van der Waals surface area contributed by atoms with Crippen LogP contribution in [0.5, 0.6) is 5.75 Å². The van der Waals surface area contributed by atoms with Gasteiger partial charge in [-0.15, -0.1) is 0 Å². The van der Waals surface area contributed by atoms with Gasteiger partial charge in [0.2, 0.25) is 5.75 Å². The fourth-order valence-corrected chi connectivity index (χ4v) is 4.32.